The van der Waals surface area contributed by atoms with Crippen LogP contribution in [0, 0.1) is 5.82 Å². The summed E-state index contributed by atoms with van der Waals surface area (Å²) in [5, 5.41) is 38.9. The summed E-state index contributed by atoms with van der Waals surface area (Å²) in [5.74, 6) is -1.47. The minimum absolute atomic E-state index is 0.0942. The SMILES string of the molecule is CC1NCNC2C1=CCN2[C@@H]1O[C@H]([C@H](O)c2ccc(F)c(C(F)(F)F)c2)[C@@](C)(O)[C@H]1O. The summed E-state index contributed by atoms with van der Waals surface area (Å²) in [6, 6.07) is 2.19. The van der Waals surface area contributed by atoms with Crippen molar-refractivity contribution in [3.8, 4) is 0 Å². The maximum atomic E-state index is 13.6. The number of halogens is 4. The van der Waals surface area contributed by atoms with E-state index in [0.29, 0.717) is 25.3 Å². The number of aliphatic hydroxyl groups is 3. The maximum absolute atomic E-state index is 13.6. The van der Waals surface area contributed by atoms with Gasteiger partial charge in [-0.1, -0.05) is 12.1 Å². The van der Waals surface area contributed by atoms with Gasteiger partial charge in [-0.05, 0) is 37.1 Å². The number of benzene rings is 1. The molecule has 4 rings (SSSR count). The molecule has 0 saturated carbocycles. The third-order valence-corrected chi connectivity index (χ3v) is 6.37. The third-order valence-electron chi connectivity index (χ3n) is 6.37. The quantitative estimate of drug-likeness (QED) is 0.346. The van der Waals surface area contributed by atoms with E-state index in [1.54, 1.807) is 4.90 Å². The highest BCUT2D eigenvalue weighted by atomic mass is 19.4. The average Bonchev–Trinajstić information content (AvgIpc) is 3.21. The van der Waals surface area contributed by atoms with E-state index >= 15 is 0 Å². The van der Waals surface area contributed by atoms with Crippen molar-refractivity contribution in [2.75, 3.05) is 13.2 Å². The number of rotatable bonds is 3. The predicted octanol–water partition coefficient (Wildman–Crippen LogP) is 0.822. The Balaban J connectivity index is 1.59. The summed E-state index contributed by atoms with van der Waals surface area (Å²) >= 11 is 0. The van der Waals surface area contributed by atoms with Gasteiger partial charge in [0.25, 0.3) is 0 Å². The number of hydrogen-bond acceptors (Lipinski definition) is 7. The van der Waals surface area contributed by atoms with Crippen molar-refractivity contribution in [2.45, 2.75) is 62.4 Å². The second-order valence-corrected chi connectivity index (χ2v) is 8.41. The van der Waals surface area contributed by atoms with E-state index in [0.717, 1.165) is 11.6 Å². The molecule has 0 aliphatic carbocycles. The zero-order valence-corrected chi connectivity index (χ0v) is 16.9. The standard InChI is InChI=1S/C20H25F4N3O4/c1-9-11-5-6-27(17(11)26-8-25-9)18-15(29)19(2,30)16(31-18)14(28)10-3-4-13(21)12(7-10)20(22,23)24/h3-5,7,9,14-18,25-26,28-30H,6,8H2,1-2H3/t9?,14-,15+,16-,17?,18-,19+/m1/s1. The molecular weight excluding hydrogens is 422 g/mol. The second kappa shape index (κ2) is 7.77. The molecule has 0 radical (unpaired) electrons. The van der Waals surface area contributed by atoms with Gasteiger partial charge in [0.05, 0.1) is 11.7 Å². The van der Waals surface area contributed by atoms with Gasteiger partial charge < -0.3 is 20.1 Å². The first kappa shape index (κ1) is 22.6. The minimum atomic E-state index is -4.95. The van der Waals surface area contributed by atoms with Crippen LogP contribution in [-0.2, 0) is 10.9 Å². The fourth-order valence-corrected chi connectivity index (χ4v) is 4.54. The second-order valence-electron chi connectivity index (χ2n) is 8.41. The van der Waals surface area contributed by atoms with Crippen LogP contribution in [0.2, 0.25) is 0 Å². The molecule has 31 heavy (non-hydrogen) atoms. The van der Waals surface area contributed by atoms with Crippen LogP contribution in [0.25, 0.3) is 0 Å². The predicted molar refractivity (Wildman–Crippen MR) is 101 cm³/mol. The number of aliphatic hydroxyl groups excluding tert-OH is 2. The Kier molecular flexibility index (Phi) is 5.66. The Morgan fingerprint density at radius 2 is 2.00 bits per heavy atom. The molecule has 2 unspecified atom stereocenters. The van der Waals surface area contributed by atoms with E-state index in [9.17, 15) is 32.9 Å². The van der Waals surface area contributed by atoms with E-state index in [2.05, 4.69) is 10.6 Å². The van der Waals surface area contributed by atoms with Gasteiger partial charge in [0.15, 0.2) is 0 Å². The van der Waals surface area contributed by atoms with E-state index in [4.69, 9.17) is 4.74 Å². The number of nitrogens with one attached hydrogen (secondary N) is 2. The van der Waals surface area contributed by atoms with Gasteiger partial charge in [0, 0.05) is 19.3 Å². The number of ether oxygens (including phenoxy) is 1. The lowest BCUT2D eigenvalue weighted by atomic mass is 9.87. The first-order valence-electron chi connectivity index (χ1n) is 9.96. The highest BCUT2D eigenvalue weighted by Gasteiger charge is 2.58. The van der Waals surface area contributed by atoms with Crippen LogP contribution in [0.3, 0.4) is 0 Å². The van der Waals surface area contributed by atoms with Crippen molar-refractivity contribution in [1.29, 1.82) is 0 Å². The summed E-state index contributed by atoms with van der Waals surface area (Å²) in [4.78, 5) is 1.78. The van der Waals surface area contributed by atoms with Crippen molar-refractivity contribution in [2.24, 2.45) is 0 Å². The topological polar surface area (TPSA) is 97.2 Å². The molecule has 5 N–H and O–H groups in total. The molecule has 0 amide bonds. The summed E-state index contributed by atoms with van der Waals surface area (Å²) in [6.07, 6.45) is -8.88. The van der Waals surface area contributed by atoms with E-state index in [-0.39, 0.29) is 17.8 Å². The molecule has 1 aromatic carbocycles. The Morgan fingerprint density at radius 1 is 1.29 bits per heavy atom. The Bertz CT molecular complexity index is 878. The van der Waals surface area contributed by atoms with Gasteiger partial charge >= 0.3 is 6.18 Å². The molecule has 1 aromatic rings. The molecule has 2 fully saturated rings. The largest absolute Gasteiger partial charge is 0.419 e. The van der Waals surface area contributed by atoms with Gasteiger partial charge in [0.2, 0.25) is 0 Å². The van der Waals surface area contributed by atoms with Gasteiger partial charge in [0.1, 0.15) is 36.0 Å². The Labute approximate surface area is 176 Å². The summed E-state index contributed by atoms with van der Waals surface area (Å²) in [6.45, 7) is 4.17. The third kappa shape index (κ3) is 3.78. The number of nitrogens with zero attached hydrogens (tertiary/aromatic N) is 1. The number of alkyl halides is 3. The van der Waals surface area contributed by atoms with E-state index < -0.39 is 47.7 Å². The summed E-state index contributed by atoms with van der Waals surface area (Å²) in [7, 11) is 0. The van der Waals surface area contributed by atoms with Crippen molar-refractivity contribution in [1.82, 2.24) is 15.5 Å². The van der Waals surface area contributed by atoms with Gasteiger partial charge in [-0.25, -0.2) is 4.39 Å². The first-order valence-corrected chi connectivity index (χ1v) is 9.96. The van der Waals surface area contributed by atoms with Gasteiger partial charge in [-0.15, -0.1) is 0 Å². The molecule has 172 valence electrons. The minimum Gasteiger partial charge on any atom is -0.386 e. The normalized spacial score (nSPS) is 37.6. The summed E-state index contributed by atoms with van der Waals surface area (Å²) < 4.78 is 58.7. The molecule has 7 atom stereocenters. The molecule has 3 heterocycles. The molecule has 7 nitrogen and oxygen atoms in total. The smallest absolute Gasteiger partial charge is 0.386 e. The number of fused-ring (bicyclic) bond motifs is 1. The highest BCUT2D eigenvalue weighted by molar-refractivity contribution is 5.31. The van der Waals surface area contributed by atoms with Crippen LogP contribution in [0.4, 0.5) is 17.6 Å². The number of hydrogen-bond donors (Lipinski definition) is 5. The zero-order valence-electron chi connectivity index (χ0n) is 16.9. The van der Waals surface area contributed by atoms with Crippen molar-refractivity contribution >= 4 is 0 Å². The molecular formula is C20H25F4N3O4. The zero-order chi connectivity index (χ0) is 22.7. The monoisotopic (exact) mass is 447 g/mol. The van der Waals surface area contributed by atoms with Crippen LogP contribution >= 0.6 is 0 Å². The lowest BCUT2D eigenvalue weighted by Gasteiger charge is -2.38. The van der Waals surface area contributed by atoms with Crippen LogP contribution in [0.15, 0.2) is 29.8 Å². The average molecular weight is 447 g/mol. The van der Waals surface area contributed by atoms with Gasteiger partial charge in [-0.3, -0.25) is 15.5 Å². The molecule has 0 aromatic heterocycles. The highest BCUT2D eigenvalue weighted by Crippen LogP contribution is 2.42. The van der Waals surface area contributed by atoms with Crippen molar-refractivity contribution in [3.63, 3.8) is 0 Å². The lowest BCUT2D eigenvalue weighted by molar-refractivity contribution is -0.140. The van der Waals surface area contributed by atoms with E-state index in [1.807, 2.05) is 13.0 Å². The van der Waals surface area contributed by atoms with Crippen molar-refractivity contribution < 1.29 is 37.6 Å². The van der Waals surface area contributed by atoms with Crippen LogP contribution < -0.4 is 10.6 Å². The Hall–Kier alpha value is -1.60. The Morgan fingerprint density at radius 3 is 2.68 bits per heavy atom. The first-order chi connectivity index (χ1) is 14.4. The molecule has 0 bridgehead atoms. The fraction of sp³-hybridized carbons (Fsp3) is 0.600. The molecule has 2 saturated heterocycles. The van der Waals surface area contributed by atoms with Gasteiger partial charge in [-0.2, -0.15) is 13.2 Å². The maximum Gasteiger partial charge on any atom is 0.419 e. The van der Waals surface area contributed by atoms with Crippen LogP contribution in [0.1, 0.15) is 31.1 Å². The molecule has 3 aliphatic heterocycles. The van der Waals surface area contributed by atoms with Crippen molar-refractivity contribution in [3.05, 3.63) is 46.8 Å². The lowest BCUT2D eigenvalue weighted by Crippen LogP contribution is -2.60. The molecule has 3 aliphatic rings. The molecule has 0 spiro atoms. The molecule has 11 heteroatoms. The van der Waals surface area contributed by atoms with E-state index in [1.165, 1.54) is 6.92 Å². The summed E-state index contributed by atoms with van der Waals surface area (Å²) in [5.41, 5.74) is -2.74. The van der Waals surface area contributed by atoms with Crippen LogP contribution in [-0.4, -0.2) is 69.7 Å². The fourth-order valence-electron chi connectivity index (χ4n) is 4.54. The van der Waals surface area contributed by atoms with Crippen LogP contribution in [0.5, 0.6) is 0 Å².